The highest BCUT2D eigenvalue weighted by atomic mass is 16.5. The molecule has 2 aromatic heterocycles. The van der Waals surface area contributed by atoms with E-state index in [4.69, 9.17) is 4.74 Å². The van der Waals surface area contributed by atoms with E-state index in [0.717, 1.165) is 17.0 Å². The Morgan fingerprint density at radius 1 is 1.22 bits per heavy atom. The third kappa shape index (κ3) is 2.20. The van der Waals surface area contributed by atoms with Gasteiger partial charge in [0, 0.05) is 17.1 Å². The summed E-state index contributed by atoms with van der Waals surface area (Å²) < 4.78 is 5.66. The molecule has 0 atom stereocenters. The maximum Gasteiger partial charge on any atom is 0.138 e. The van der Waals surface area contributed by atoms with Gasteiger partial charge in [0.05, 0.1) is 11.9 Å². The topological polar surface area (TPSA) is 37.9 Å². The largest absolute Gasteiger partial charge is 0.486 e. The van der Waals surface area contributed by atoms with E-state index in [2.05, 4.69) is 41.2 Å². The average Bonchev–Trinajstić information content (AvgIpc) is 2.79. The minimum absolute atomic E-state index is 0.527. The lowest BCUT2D eigenvalue weighted by Gasteiger charge is -2.02. The van der Waals surface area contributed by atoms with Crippen LogP contribution in [0.2, 0.25) is 0 Å². The first-order chi connectivity index (χ1) is 8.81. The van der Waals surface area contributed by atoms with Crippen LogP contribution in [-0.2, 0) is 6.61 Å². The molecule has 18 heavy (non-hydrogen) atoms. The highest BCUT2D eigenvalue weighted by Crippen LogP contribution is 2.18. The van der Waals surface area contributed by atoms with Crippen molar-refractivity contribution in [3.8, 4) is 5.75 Å². The van der Waals surface area contributed by atoms with E-state index >= 15 is 0 Å². The summed E-state index contributed by atoms with van der Waals surface area (Å²) >= 11 is 0. The minimum Gasteiger partial charge on any atom is -0.486 e. The molecule has 0 saturated heterocycles. The SMILES string of the molecule is Cc1ccc2[nH]c(COc3cccnc3)cc2c1. The van der Waals surface area contributed by atoms with Gasteiger partial charge in [-0.3, -0.25) is 4.98 Å². The summed E-state index contributed by atoms with van der Waals surface area (Å²) in [4.78, 5) is 7.36. The average molecular weight is 238 g/mol. The number of H-pyrrole nitrogens is 1. The van der Waals surface area contributed by atoms with E-state index in [1.54, 1.807) is 12.4 Å². The summed E-state index contributed by atoms with van der Waals surface area (Å²) in [5.74, 6) is 0.785. The Labute approximate surface area is 105 Å². The molecule has 1 N–H and O–H groups in total. The number of nitrogens with zero attached hydrogens (tertiary/aromatic N) is 1. The first kappa shape index (κ1) is 10.8. The minimum atomic E-state index is 0.527. The molecule has 3 rings (SSSR count). The number of aromatic nitrogens is 2. The van der Waals surface area contributed by atoms with Crippen molar-refractivity contribution in [2.75, 3.05) is 0 Å². The zero-order valence-electron chi connectivity index (χ0n) is 10.2. The van der Waals surface area contributed by atoms with Crippen LogP contribution in [0.4, 0.5) is 0 Å². The normalized spacial score (nSPS) is 10.7. The van der Waals surface area contributed by atoms with Gasteiger partial charge in [0.2, 0.25) is 0 Å². The molecule has 0 fully saturated rings. The molecule has 3 nitrogen and oxygen atoms in total. The first-order valence-electron chi connectivity index (χ1n) is 5.92. The standard InChI is InChI=1S/C15H14N2O/c1-11-4-5-15-12(7-11)8-13(17-15)10-18-14-3-2-6-16-9-14/h2-9,17H,10H2,1H3. The first-order valence-corrected chi connectivity index (χ1v) is 5.92. The Morgan fingerprint density at radius 3 is 3.00 bits per heavy atom. The third-order valence-corrected chi connectivity index (χ3v) is 2.86. The predicted molar refractivity (Wildman–Crippen MR) is 71.6 cm³/mol. The van der Waals surface area contributed by atoms with E-state index in [9.17, 15) is 0 Å². The molecule has 0 bridgehead atoms. The number of nitrogens with one attached hydrogen (secondary N) is 1. The molecular weight excluding hydrogens is 224 g/mol. The molecule has 0 aliphatic carbocycles. The molecule has 2 heterocycles. The van der Waals surface area contributed by atoms with E-state index in [1.807, 2.05) is 12.1 Å². The third-order valence-electron chi connectivity index (χ3n) is 2.86. The van der Waals surface area contributed by atoms with Gasteiger partial charge >= 0.3 is 0 Å². The molecule has 0 amide bonds. The smallest absolute Gasteiger partial charge is 0.138 e. The van der Waals surface area contributed by atoms with Crippen molar-refractivity contribution < 1.29 is 4.74 Å². The van der Waals surface area contributed by atoms with E-state index < -0.39 is 0 Å². The zero-order chi connectivity index (χ0) is 12.4. The fourth-order valence-corrected chi connectivity index (χ4v) is 1.98. The molecule has 0 spiro atoms. The van der Waals surface area contributed by atoms with Crippen LogP contribution >= 0.6 is 0 Å². The van der Waals surface area contributed by atoms with Crippen LogP contribution in [0, 0.1) is 6.92 Å². The predicted octanol–water partition coefficient (Wildman–Crippen LogP) is 3.45. The van der Waals surface area contributed by atoms with Crippen LogP contribution in [0.5, 0.6) is 5.75 Å². The number of pyridine rings is 1. The van der Waals surface area contributed by atoms with Gasteiger partial charge in [0.25, 0.3) is 0 Å². The highest BCUT2D eigenvalue weighted by Gasteiger charge is 2.01. The van der Waals surface area contributed by atoms with Crippen LogP contribution in [0.25, 0.3) is 10.9 Å². The van der Waals surface area contributed by atoms with Crippen molar-refractivity contribution in [1.82, 2.24) is 9.97 Å². The number of hydrogen-bond donors (Lipinski definition) is 1. The number of hydrogen-bond acceptors (Lipinski definition) is 2. The summed E-state index contributed by atoms with van der Waals surface area (Å²) in [6.07, 6.45) is 3.45. The van der Waals surface area contributed by atoms with Crippen LogP contribution in [0.15, 0.2) is 48.8 Å². The second kappa shape index (κ2) is 4.53. The van der Waals surface area contributed by atoms with Crippen molar-refractivity contribution in [2.45, 2.75) is 13.5 Å². The Morgan fingerprint density at radius 2 is 2.17 bits per heavy atom. The van der Waals surface area contributed by atoms with Gasteiger partial charge in [-0.15, -0.1) is 0 Å². The zero-order valence-corrected chi connectivity index (χ0v) is 10.2. The number of fused-ring (bicyclic) bond motifs is 1. The molecule has 3 aromatic rings. The van der Waals surface area contributed by atoms with Gasteiger partial charge in [-0.05, 0) is 37.3 Å². The molecule has 0 aliphatic heterocycles. The summed E-state index contributed by atoms with van der Waals surface area (Å²) in [5.41, 5.74) is 3.48. The Kier molecular flexibility index (Phi) is 2.73. The van der Waals surface area contributed by atoms with Gasteiger partial charge in [0.15, 0.2) is 0 Å². The molecule has 0 saturated carbocycles. The van der Waals surface area contributed by atoms with E-state index in [0.29, 0.717) is 6.61 Å². The quantitative estimate of drug-likeness (QED) is 0.759. The van der Waals surface area contributed by atoms with Gasteiger partial charge in [-0.1, -0.05) is 11.6 Å². The van der Waals surface area contributed by atoms with Crippen LogP contribution < -0.4 is 4.74 Å². The lowest BCUT2D eigenvalue weighted by Crippen LogP contribution is -1.95. The molecule has 0 unspecified atom stereocenters. The van der Waals surface area contributed by atoms with Crippen molar-refractivity contribution in [3.63, 3.8) is 0 Å². The number of rotatable bonds is 3. The fraction of sp³-hybridized carbons (Fsp3) is 0.133. The molecule has 0 radical (unpaired) electrons. The van der Waals surface area contributed by atoms with Crippen LogP contribution in [0.1, 0.15) is 11.3 Å². The monoisotopic (exact) mass is 238 g/mol. The Hall–Kier alpha value is -2.29. The second-order valence-corrected chi connectivity index (χ2v) is 4.36. The molecule has 90 valence electrons. The van der Waals surface area contributed by atoms with Crippen LogP contribution in [0.3, 0.4) is 0 Å². The lowest BCUT2D eigenvalue weighted by atomic mass is 10.2. The molecule has 3 heteroatoms. The van der Waals surface area contributed by atoms with Crippen molar-refractivity contribution in [2.24, 2.45) is 0 Å². The molecular formula is C15H14N2O. The highest BCUT2D eigenvalue weighted by molar-refractivity contribution is 5.81. The maximum atomic E-state index is 5.66. The van der Waals surface area contributed by atoms with Gasteiger partial charge in [-0.25, -0.2) is 0 Å². The number of aryl methyl sites for hydroxylation is 1. The number of benzene rings is 1. The summed E-state index contributed by atoms with van der Waals surface area (Å²) in [6, 6.07) is 12.3. The van der Waals surface area contributed by atoms with E-state index in [-0.39, 0.29) is 0 Å². The van der Waals surface area contributed by atoms with Crippen LogP contribution in [-0.4, -0.2) is 9.97 Å². The van der Waals surface area contributed by atoms with Gasteiger partial charge < -0.3 is 9.72 Å². The van der Waals surface area contributed by atoms with E-state index in [1.165, 1.54) is 10.9 Å². The maximum absolute atomic E-state index is 5.66. The lowest BCUT2D eigenvalue weighted by molar-refractivity contribution is 0.301. The summed E-state index contributed by atoms with van der Waals surface area (Å²) in [6.45, 7) is 2.62. The second-order valence-electron chi connectivity index (χ2n) is 4.36. The number of aromatic amines is 1. The van der Waals surface area contributed by atoms with Gasteiger partial charge in [0.1, 0.15) is 12.4 Å². The fourth-order valence-electron chi connectivity index (χ4n) is 1.98. The van der Waals surface area contributed by atoms with Crippen molar-refractivity contribution >= 4 is 10.9 Å². The van der Waals surface area contributed by atoms with Crippen molar-refractivity contribution in [3.05, 3.63) is 60.0 Å². The number of ether oxygens (including phenoxy) is 1. The summed E-state index contributed by atoms with van der Waals surface area (Å²) in [7, 11) is 0. The van der Waals surface area contributed by atoms with Crippen molar-refractivity contribution in [1.29, 1.82) is 0 Å². The Bertz CT molecular complexity index is 659. The van der Waals surface area contributed by atoms with Gasteiger partial charge in [-0.2, -0.15) is 0 Å². The molecule has 0 aliphatic rings. The molecule has 1 aromatic carbocycles. The summed E-state index contributed by atoms with van der Waals surface area (Å²) in [5, 5.41) is 1.22. The Balaban J connectivity index is 1.79.